The first-order valence-electron chi connectivity index (χ1n) is 13.1. The second-order valence-electron chi connectivity index (χ2n) is 12.7. The Hall–Kier alpha value is -1.33. The van der Waals surface area contributed by atoms with E-state index in [1.165, 1.54) is 24.8 Å². The summed E-state index contributed by atoms with van der Waals surface area (Å²) in [4.78, 5) is 12.5. The van der Waals surface area contributed by atoms with Crippen LogP contribution in [0.15, 0.2) is 18.2 Å². The molecule has 33 heavy (non-hydrogen) atoms. The zero-order chi connectivity index (χ0) is 24.2. The molecule has 1 N–H and O–H groups in total. The Morgan fingerprint density at radius 1 is 1.18 bits per heavy atom. The molecule has 6 atom stereocenters. The number of hydrogen-bond acceptors (Lipinski definition) is 4. The van der Waals surface area contributed by atoms with Crippen molar-refractivity contribution < 1.29 is 14.0 Å². The van der Waals surface area contributed by atoms with Crippen molar-refractivity contribution in [3.8, 4) is 5.75 Å². The molecule has 0 heterocycles. The molecule has 2 saturated carbocycles. The molecule has 0 spiro atoms. The molecule has 0 bridgehead atoms. The fourth-order valence-corrected chi connectivity index (χ4v) is 7.60. The molecule has 0 aromatic heterocycles. The number of aryl methyl sites for hydroxylation is 1. The molecule has 0 radical (unpaired) electrons. The Morgan fingerprint density at radius 3 is 2.58 bits per heavy atom. The van der Waals surface area contributed by atoms with Crippen molar-refractivity contribution in [1.82, 2.24) is 5.32 Å². The standard InChI is InChI=1S/C28H45NO3Si/c1-18(29-6)26(30)31-25-14-13-24-23-11-9-19-17-20(32-33(7,8)27(2,3)4)10-12-21(19)22(23)15-16-28(24,25)5/h10,12,17-18,22-25,29H,9,11,13-16H2,1-8H3/t18-,22?,23?,24?,25-,28-/m0/s1. The minimum atomic E-state index is -1.83. The third kappa shape index (κ3) is 4.40. The lowest BCUT2D eigenvalue weighted by Gasteiger charge is -2.50. The molecular formula is C28H45NO3Si. The molecule has 0 saturated heterocycles. The lowest BCUT2D eigenvalue weighted by molar-refractivity contribution is -0.159. The number of carbonyl (C=O) groups excluding carboxylic acids is 1. The summed E-state index contributed by atoms with van der Waals surface area (Å²) in [5, 5.41) is 3.23. The summed E-state index contributed by atoms with van der Waals surface area (Å²) in [6.07, 6.45) is 6.99. The van der Waals surface area contributed by atoms with Gasteiger partial charge in [-0.3, -0.25) is 4.79 Å². The molecule has 2 fully saturated rings. The van der Waals surface area contributed by atoms with Crippen molar-refractivity contribution in [1.29, 1.82) is 0 Å². The Labute approximate surface area is 202 Å². The van der Waals surface area contributed by atoms with Crippen molar-refractivity contribution >= 4 is 14.3 Å². The van der Waals surface area contributed by atoms with Gasteiger partial charge in [-0.05, 0) is 112 Å². The second kappa shape index (κ2) is 8.71. The lowest BCUT2D eigenvalue weighted by atomic mass is 9.55. The van der Waals surface area contributed by atoms with Crippen molar-refractivity contribution in [2.75, 3.05) is 7.05 Å². The minimum absolute atomic E-state index is 0.0634. The molecule has 0 amide bonds. The number of ether oxygens (including phenoxy) is 1. The van der Waals surface area contributed by atoms with Crippen LogP contribution in [0.25, 0.3) is 0 Å². The minimum Gasteiger partial charge on any atom is -0.543 e. The number of rotatable bonds is 5. The van der Waals surface area contributed by atoms with Crippen LogP contribution in [0.2, 0.25) is 18.1 Å². The van der Waals surface area contributed by atoms with E-state index >= 15 is 0 Å². The highest BCUT2D eigenvalue weighted by molar-refractivity contribution is 6.74. The van der Waals surface area contributed by atoms with Gasteiger partial charge in [0.1, 0.15) is 17.9 Å². The smallest absolute Gasteiger partial charge is 0.323 e. The van der Waals surface area contributed by atoms with Crippen LogP contribution in [0.4, 0.5) is 0 Å². The zero-order valence-corrected chi connectivity index (χ0v) is 23.1. The van der Waals surface area contributed by atoms with Gasteiger partial charge in [0, 0.05) is 5.41 Å². The van der Waals surface area contributed by atoms with Gasteiger partial charge in [0.25, 0.3) is 0 Å². The van der Waals surface area contributed by atoms with Gasteiger partial charge in [0.2, 0.25) is 8.32 Å². The first kappa shape index (κ1) is 24.8. The largest absolute Gasteiger partial charge is 0.543 e. The summed E-state index contributed by atoms with van der Waals surface area (Å²) in [5.41, 5.74) is 3.17. The lowest BCUT2D eigenvalue weighted by Crippen LogP contribution is -2.46. The van der Waals surface area contributed by atoms with Crippen molar-refractivity contribution in [3.05, 3.63) is 29.3 Å². The fourth-order valence-electron chi connectivity index (χ4n) is 6.58. The number of fused-ring (bicyclic) bond motifs is 5. The van der Waals surface area contributed by atoms with Crippen LogP contribution in [0, 0.1) is 17.3 Å². The van der Waals surface area contributed by atoms with E-state index in [4.69, 9.17) is 9.16 Å². The SMILES string of the molecule is CN[C@@H](C)C(=O)O[C@H]1CCC2C3CCc4cc(O[Si](C)(C)C(C)(C)C)ccc4C3CC[C@@]21C. The topological polar surface area (TPSA) is 47.6 Å². The maximum Gasteiger partial charge on any atom is 0.323 e. The maximum atomic E-state index is 12.5. The van der Waals surface area contributed by atoms with Crippen LogP contribution in [-0.2, 0) is 16.0 Å². The summed E-state index contributed by atoms with van der Waals surface area (Å²) < 4.78 is 12.7. The first-order chi connectivity index (χ1) is 15.4. The van der Waals surface area contributed by atoms with Gasteiger partial charge in [0.15, 0.2) is 0 Å². The molecule has 5 heteroatoms. The van der Waals surface area contributed by atoms with Crippen molar-refractivity contribution in [2.45, 2.75) is 109 Å². The fraction of sp³-hybridized carbons (Fsp3) is 0.750. The molecule has 4 rings (SSSR count). The highest BCUT2D eigenvalue weighted by Crippen LogP contribution is 2.61. The molecule has 1 aromatic carbocycles. The van der Waals surface area contributed by atoms with Crippen molar-refractivity contribution in [3.63, 3.8) is 0 Å². The van der Waals surface area contributed by atoms with Crippen LogP contribution in [0.1, 0.15) is 83.8 Å². The molecule has 3 unspecified atom stereocenters. The van der Waals surface area contributed by atoms with Crippen LogP contribution in [0.3, 0.4) is 0 Å². The summed E-state index contributed by atoms with van der Waals surface area (Å²) in [5.74, 6) is 2.95. The molecule has 3 aliphatic carbocycles. The van der Waals surface area contributed by atoms with E-state index in [-0.39, 0.29) is 28.6 Å². The number of benzene rings is 1. The van der Waals surface area contributed by atoms with Gasteiger partial charge in [-0.1, -0.05) is 33.8 Å². The highest BCUT2D eigenvalue weighted by Gasteiger charge is 2.56. The predicted molar refractivity (Wildman–Crippen MR) is 137 cm³/mol. The second-order valence-corrected chi connectivity index (χ2v) is 17.4. The third-order valence-electron chi connectivity index (χ3n) is 9.84. The number of nitrogens with one attached hydrogen (secondary N) is 1. The molecule has 184 valence electrons. The zero-order valence-electron chi connectivity index (χ0n) is 22.1. The summed E-state index contributed by atoms with van der Waals surface area (Å²) in [6, 6.07) is 6.71. The van der Waals surface area contributed by atoms with E-state index in [2.05, 4.69) is 64.3 Å². The van der Waals surface area contributed by atoms with E-state index in [1.807, 2.05) is 14.0 Å². The van der Waals surface area contributed by atoms with E-state index in [0.29, 0.717) is 17.8 Å². The monoisotopic (exact) mass is 471 g/mol. The molecular weight excluding hydrogens is 426 g/mol. The molecule has 4 nitrogen and oxygen atoms in total. The Balaban J connectivity index is 1.51. The maximum absolute atomic E-state index is 12.5. The Kier molecular flexibility index (Phi) is 6.54. The van der Waals surface area contributed by atoms with Gasteiger partial charge >= 0.3 is 5.97 Å². The van der Waals surface area contributed by atoms with Gasteiger partial charge in [0.05, 0.1) is 0 Å². The Bertz CT molecular complexity index is 892. The molecule has 3 aliphatic rings. The quantitative estimate of drug-likeness (QED) is 0.396. The average molecular weight is 472 g/mol. The number of carbonyl (C=O) groups is 1. The third-order valence-corrected chi connectivity index (χ3v) is 14.2. The van der Waals surface area contributed by atoms with Crippen LogP contribution < -0.4 is 9.74 Å². The number of esters is 1. The van der Waals surface area contributed by atoms with Gasteiger partial charge in [-0.25, -0.2) is 0 Å². The predicted octanol–water partition coefficient (Wildman–Crippen LogP) is 6.45. The van der Waals surface area contributed by atoms with Crippen LogP contribution in [0.5, 0.6) is 5.75 Å². The van der Waals surface area contributed by atoms with Crippen molar-refractivity contribution in [2.24, 2.45) is 17.3 Å². The average Bonchev–Trinajstić information content (AvgIpc) is 3.07. The normalized spacial score (nSPS) is 32.4. The van der Waals surface area contributed by atoms with Gasteiger partial charge in [-0.2, -0.15) is 0 Å². The number of hydrogen-bond donors (Lipinski definition) is 1. The van der Waals surface area contributed by atoms with Crippen LogP contribution in [-0.4, -0.2) is 33.5 Å². The van der Waals surface area contributed by atoms with Crippen LogP contribution >= 0.6 is 0 Å². The van der Waals surface area contributed by atoms with E-state index in [0.717, 1.165) is 25.0 Å². The van der Waals surface area contributed by atoms with E-state index in [1.54, 1.807) is 5.56 Å². The Morgan fingerprint density at radius 2 is 1.91 bits per heavy atom. The summed E-state index contributed by atoms with van der Waals surface area (Å²) in [7, 11) is -0.0133. The van der Waals surface area contributed by atoms with E-state index < -0.39 is 8.32 Å². The van der Waals surface area contributed by atoms with Gasteiger partial charge < -0.3 is 14.5 Å². The highest BCUT2D eigenvalue weighted by atomic mass is 28.4. The molecule has 0 aliphatic heterocycles. The summed E-state index contributed by atoms with van der Waals surface area (Å²) >= 11 is 0. The van der Waals surface area contributed by atoms with E-state index in [9.17, 15) is 4.79 Å². The van der Waals surface area contributed by atoms with Gasteiger partial charge in [-0.15, -0.1) is 0 Å². The first-order valence-corrected chi connectivity index (χ1v) is 16.0. The number of likely N-dealkylation sites (N-methyl/N-ethyl adjacent to an activating group) is 1. The molecule has 1 aromatic rings. The summed E-state index contributed by atoms with van der Waals surface area (Å²) in [6.45, 7) is 15.8.